The molecule has 2 aromatic carbocycles. The topological polar surface area (TPSA) is 37.3 Å². The van der Waals surface area contributed by atoms with E-state index in [4.69, 9.17) is 5.11 Å². The van der Waals surface area contributed by atoms with Crippen LogP contribution < -0.4 is 0 Å². The van der Waals surface area contributed by atoms with Gasteiger partial charge >= 0.3 is 5.97 Å². The van der Waals surface area contributed by atoms with Crippen LogP contribution in [0.1, 0.15) is 21.5 Å². The Kier molecular flexibility index (Phi) is 3.92. The maximum absolute atomic E-state index is 10.7. The second-order valence-electron chi connectivity index (χ2n) is 4.02. The fourth-order valence-electron chi connectivity index (χ4n) is 1.68. The highest BCUT2D eigenvalue weighted by Gasteiger charge is 2.00. The zero-order chi connectivity index (χ0) is 12.8. The predicted molar refractivity (Wildman–Crippen MR) is 72.6 cm³/mol. The molecule has 2 heteroatoms. The van der Waals surface area contributed by atoms with Crippen LogP contribution in [0.25, 0.3) is 6.08 Å². The third kappa shape index (κ3) is 3.32. The fraction of sp³-hybridized carbons (Fsp3) is 0.0625. The molecule has 0 radical (unpaired) electrons. The molecule has 0 saturated heterocycles. The minimum atomic E-state index is -0.888. The van der Waals surface area contributed by atoms with Crippen LogP contribution in [0.5, 0.6) is 0 Å². The SMILES string of the molecule is O=C(O)c1ccc(CC=Cc2ccccc2)cc1. The molecule has 0 aliphatic carbocycles. The Morgan fingerprint density at radius 1 is 1.00 bits per heavy atom. The molecule has 0 unspecified atom stereocenters. The smallest absolute Gasteiger partial charge is 0.335 e. The molecule has 2 aromatic rings. The molecule has 0 aliphatic heterocycles. The summed E-state index contributed by atoms with van der Waals surface area (Å²) < 4.78 is 0. The van der Waals surface area contributed by atoms with Crippen LogP contribution in [-0.2, 0) is 6.42 Å². The Morgan fingerprint density at radius 3 is 2.28 bits per heavy atom. The van der Waals surface area contributed by atoms with E-state index in [0.717, 1.165) is 12.0 Å². The lowest BCUT2D eigenvalue weighted by Gasteiger charge is -1.98. The number of benzene rings is 2. The van der Waals surface area contributed by atoms with Crippen molar-refractivity contribution in [3.63, 3.8) is 0 Å². The average Bonchev–Trinajstić information content (AvgIpc) is 2.40. The van der Waals surface area contributed by atoms with Crippen molar-refractivity contribution in [2.75, 3.05) is 0 Å². The van der Waals surface area contributed by atoms with Crippen molar-refractivity contribution in [2.45, 2.75) is 6.42 Å². The van der Waals surface area contributed by atoms with Crippen LogP contribution in [0.2, 0.25) is 0 Å². The summed E-state index contributed by atoms with van der Waals surface area (Å²) in [6.45, 7) is 0. The van der Waals surface area contributed by atoms with Crippen molar-refractivity contribution in [3.05, 3.63) is 77.4 Å². The normalized spacial score (nSPS) is 10.7. The Bertz CT molecular complexity index is 539. The van der Waals surface area contributed by atoms with Crippen molar-refractivity contribution in [3.8, 4) is 0 Å². The monoisotopic (exact) mass is 238 g/mol. The van der Waals surface area contributed by atoms with Crippen molar-refractivity contribution in [1.82, 2.24) is 0 Å². The Balaban J connectivity index is 1.98. The molecule has 0 amide bonds. The van der Waals surface area contributed by atoms with Gasteiger partial charge in [0.25, 0.3) is 0 Å². The summed E-state index contributed by atoms with van der Waals surface area (Å²) in [4.78, 5) is 10.7. The lowest BCUT2D eigenvalue weighted by atomic mass is 10.1. The number of rotatable bonds is 4. The van der Waals surface area contributed by atoms with E-state index in [9.17, 15) is 4.79 Å². The van der Waals surface area contributed by atoms with Crippen LogP contribution in [0, 0.1) is 0 Å². The molecular weight excluding hydrogens is 224 g/mol. The summed E-state index contributed by atoms with van der Waals surface area (Å²) >= 11 is 0. The maximum Gasteiger partial charge on any atom is 0.335 e. The maximum atomic E-state index is 10.7. The molecule has 0 saturated carbocycles. The average molecular weight is 238 g/mol. The van der Waals surface area contributed by atoms with Gasteiger partial charge < -0.3 is 5.11 Å². The number of carboxylic acids is 1. The number of carbonyl (C=O) groups is 1. The standard InChI is InChI=1S/C16H14O2/c17-16(18)15-11-9-14(10-12-15)8-4-7-13-5-2-1-3-6-13/h1-7,9-12H,8H2,(H,17,18). The van der Waals surface area contributed by atoms with Crippen LogP contribution in [0.4, 0.5) is 0 Å². The van der Waals surface area contributed by atoms with Crippen LogP contribution in [-0.4, -0.2) is 11.1 Å². The van der Waals surface area contributed by atoms with Gasteiger partial charge in [-0.25, -0.2) is 4.79 Å². The molecule has 0 aromatic heterocycles. The third-order valence-electron chi connectivity index (χ3n) is 2.66. The van der Waals surface area contributed by atoms with Gasteiger partial charge in [0, 0.05) is 0 Å². The Hall–Kier alpha value is -2.35. The second kappa shape index (κ2) is 5.82. The summed E-state index contributed by atoms with van der Waals surface area (Å²) in [5, 5.41) is 8.79. The van der Waals surface area contributed by atoms with Gasteiger partial charge in [0.15, 0.2) is 0 Å². The van der Waals surface area contributed by atoms with E-state index in [1.807, 2.05) is 42.5 Å². The minimum absolute atomic E-state index is 0.325. The van der Waals surface area contributed by atoms with E-state index in [0.29, 0.717) is 5.56 Å². The molecule has 1 N–H and O–H groups in total. The molecule has 0 heterocycles. The highest BCUT2D eigenvalue weighted by molar-refractivity contribution is 5.87. The number of carboxylic acid groups (broad SMARTS) is 1. The minimum Gasteiger partial charge on any atom is -0.478 e. The molecule has 2 rings (SSSR count). The first-order valence-electron chi connectivity index (χ1n) is 5.79. The number of hydrogen-bond donors (Lipinski definition) is 1. The number of aromatic carboxylic acids is 1. The van der Waals surface area contributed by atoms with Crippen molar-refractivity contribution in [1.29, 1.82) is 0 Å². The van der Waals surface area contributed by atoms with Gasteiger partial charge in [0.1, 0.15) is 0 Å². The van der Waals surface area contributed by atoms with Crippen molar-refractivity contribution >= 4 is 12.0 Å². The molecule has 0 fully saturated rings. The fourth-order valence-corrected chi connectivity index (χ4v) is 1.68. The lowest BCUT2D eigenvalue weighted by molar-refractivity contribution is 0.0697. The first-order chi connectivity index (χ1) is 8.75. The molecular formula is C16H14O2. The highest BCUT2D eigenvalue weighted by Crippen LogP contribution is 2.07. The molecule has 0 atom stereocenters. The van der Waals surface area contributed by atoms with Crippen LogP contribution in [0.15, 0.2) is 60.7 Å². The summed E-state index contributed by atoms with van der Waals surface area (Å²) in [7, 11) is 0. The van der Waals surface area contributed by atoms with Crippen LogP contribution >= 0.6 is 0 Å². The van der Waals surface area contributed by atoms with Gasteiger partial charge in [0.2, 0.25) is 0 Å². The molecule has 2 nitrogen and oxygen atoms in total. The zero-order valence-electron chi connectivity index (χ0n) is 9.91. The predicted octanol–water partition coefficient (Wildman–Crippen LogP) is 3.64. The Labute approximate surface area is 106 Å². The first-order valence-corrected chi connectivity index (χ1v) is 5.79. The van der Waals surface area contributed by atoms with Gasteiger partial charge in [-0.2, -0.15) is 0 Å². The molecule has 90 valence electrons. The summed E-state index contributed by atoms with van der Waals surface area (Å²) in [6, 6.07) is 17.0. The lowest BCUT2D eigenvalue weighted by Crippen LogP contribution is -1.95. The largest absolute Gasteiger partial charge is 0.478 e. The van der Waals surface area contributed by atoms with E-state index < -0.39 is 5.97 Å². The van der Waals surface area contributed by atoms with Gasteiger partial charge in [-0.15, -0.1) is 0 Å². The van der Waals surface area contributed by atoms with Gasteiger partial charge in [-0.1, -0.05) is 54.6 Å². The van der Waals surface area contributed by atoms with E-state index in [2.05, 4.69) is 12.2 Å². The van der Waals surface area contributed by atoms with Crippen molar-refractivity contribution < 1.29 is 9.90 Å². The zero-order valence-corrected chi connectivity index (χ0v) is 9.91. The highest BCUT2D eigenvalue weighted by atomic mass is 16.4. The number of allylic oxidation sites excluding steroid dienone is 1. The van der Waals surface area contributed by atoms with E-state index in [1.165, 1.54) is 5.56 Å². The third-order valence-corrected chi connectivity index (χ3v) is 2.66. The molecule has 0 spiro atoms. The number of hydrogen-bond acceptors (Lipinski definition) is 1. The Morgan fingerprint density at radius 2 is 1.67 bits per heavy atom. The van der Waals surface area contributed by atoms with E-state index in [-0.39, 0.29) is 0 Å². The van der Waals surface area contributed by atoms with E-state index >= 15 is 0 Å². The summed E-state index contributed by atoms with van der Waals surface area (Å²) in [6.07, 6.45) is 4.94. The molecule has 0 bridgehead atoms. The van der Waals surface area contributed by atoms with Crippen molar-refractivity contribution in [2.24, 2.45) is 0 Å². The van der Waals surface area contributed by atoms with E-state index in [1.54, 1.807) is 12.1 Å². The molecule has 0 aliphatic rings. The van der Waals surface area contributed by atoms with Crippen LogP contribution in [0.3, 0.4) is 0 Å². The quantitative estimate of drug-likeness (QED) is 0.882. The van der Waals surface area contributed by atoms with Gasteiger partial charge in [0.05, 0.1) is 5.56 Å². The summed E-state index contributed by atoms with van der Waals surface area (Å²) in [5.74, 6) is -0.888. The first kappa shape index (κ1) is 12.1. The van der Waals surface area contributed by atoms with Gasteiger partial charge in [-0.05, 0) is 29.7 Å². The van der Waals surface area contributed by atoms with Gasteiger partial charge in [-0.3, -0.25) is 0 Å². The summed E-state index contributed by atoms with van der Waals surface area (Å²) in [5.41, 5.74) is 2.60. The molecule has 18 heavy (non-hydrogen) atoms. The second-order valence-corrected chi connectivity index (χ2v) is 4.02.